The number of sulfonamides is 2. The third-order valence-corrected chi connectivity index (χ3v) is 14.4. The molecular weight excluding hydrogens is 825 g/mol. The van der Waals surface area contributed by atoms with Gasteiger partial charge in [0, 0.05) is 50.2 Å². The molecule has 14 heteroatoms. The SMILES string of the molecule is C=CS(=O)(=O)N(Cc1ccc(OC)cc1)Cc1ccc(OC)cc1.CC(C)C1CCN1.COc1ccc(CN(Cc2ccc(OC)cc2)S(=O)(=O)CCN2CCC2C(C)C)cc1. The minimum atomic E-state index is -3.55. The predicted molar refractivity (Wildman–Crippen MR) is 249 cm³/mol. The molecule has 62 heavy (non-hydrogen) atoms. The summed E-state index contributed by atoms with van der Waals surface area (Å²) in [6.45, 7) is 16.3. The summed E-state index contributed by atoms with van der Waals surface area (Å²) in [5.41, 5.74) is 3.60. The zero-order valence-corrected chi connectivity index (χ0v) is 39.5. The molecule has 0 bridgehead atoms. The van der Waals surface area contributed by atoms with Crippen molar-refractivity contribution in [1.29, 1.82) is 0 Å². The largest absolute Gasteiger partial charge is 0.497 e. The Morgan fingerprint density at radius 2 is 0.968 bits per heavy atom. The van der Waals surface area contributed by atoms with Crippen LogP contribution in [0.1, 0.15) is 62.8 Å². The summed E-state index contributed by atoms with van der Waals surface area (Å²) in [6, 6.07) is 31.0. The summed E-state index contributed by atoms with van der Waals surface area (Å²) in [4.78, 5) is 2.29. The highest BCUT2D eigenvalue weighted by Crippen LogP contribution is 2.26. The van der Waals surface area contributed by atoms with Crippen molar-refractivity contribution in [2.45, 2.75) is 78.8 Å². The Balaban J connectivity index is 0.000000240. The maximum absolute atomic E-state index is 13.4. The van der Waals surface area contributed by atoms with Gasteiger partial charge in [-0.25, -0.2) is 16.8 Å². The molecule has 0 aliphatic carbocycles. The lowest BCUT2D eigenvalue weighted by Gasteiger charge is -2.43. The fourth-order valence-electron chi connectivity index (χ4n) is 7.07. The Hall–Kier alpha value is -4.44. The van der Waals surface area contributed by atoms with Gasteiger partial charge in [-0.05, 0) is 109 Å². The van der Waals surface area contributed by atoms with Crippen LogP contribution in [0.3, 0.4) is 0 Å². The number of rotatable bonds is 20. The van der Waals surface area contributed by atoms with Crippen LogP contribution in [-0.4, -0.2) is 96.3 Å². The standard InChI is InChI=1S/C24H34N2O4S.C18H21NO4S.C6H13N/c1-19(2)24-13-14-25(24)15-16-31(27,28)26(17-20-5-9-22(29-3)10-6-20)18-21-7-11-23(30-4)12-8-21;1-4-24(20,21)19(13-15-5-9-17(22-2)10-6-15)14-16-7-11-18(23-3)12-8-16;1-5(2)6-3-4-7-6/h5-12,19,24H,13-18H2,1-4H3;4-12H,1,13-14H2,2-3H3;5-7H,3-4H2,1-2H3. The molecule has 6 rings (SSSR count). The van der Waals surface area contributed by atoms with Crippen LogP contribution in [0.5, 0.6) is 23.0 Å². The Labute approximate surface area is 371 Å². The van der Waals surface area contributed by atoms with Gasteiger partial charge in [-0.2, -0.15) is 8.61 Å². The molecule has 2 fully saturated rings. The van der Waals surface area contributed by atoms with Gasteiger partial charge in [0.1, 0.15) is 23.0 Å². The lowest BCUT2D eigenvalue weighted by atomic mass is 9.92. The molecule has 0 saturated carbocycles. The lowest BCUT2D eigenvalue weighted by Crippen LogP contribution is -2.52. The molecular formula is C48H68N4O8S2. The Bertz CT molecular complexity index is 2050. The molecule has 2 saturated heterocycles. The smallest absolute Gasteiger partial charge is 0.236 e. The van der Waals surface area contributed by atoms with Crippen LogP contribution >= 0.6 is 0 Å². The van der Waals surface area contributed by atoms with E-state index in [9.17, 15) is 16.8 Å². The maximum atomic E-state index is 13.4. The van der Waals surface area contributed by atoms with Gasteiger partial charge in [0.05, 0.1) is 34.2 Å². The minimum absolute atomic E-state index is 0.128. The number of likely N-dealkylation sites (tertiary alicyclic amines) is 1. The number of hydrogen-bond donors (Lipinski definition) is 1. The second-order valence-corrected chi connectivity index (χ2v) is 20.2. The van der Waals surface area contributed by atoms with E-state index >= 15 is 0 Å². The molecule has 0 amide bonds. The minimum Gasteiger partial charge on any atom is -0.497 e. The summed E-state index contributed by atoms with van der Waals surface area (Å²) in [5, 5.41) is 4.32. The normalized spacial score (nSPS) is 16.3. The van der Waals surface area contributed by atoms with Crippen LogP contribution in [0.25, 0.3) is 0 Å². The average molecular weight is 893 g/mol. The van der Waals surface area contributed by atoms with Crippen molar-refractivity contribution >= 4 is 20.0 Å². The number of hydrogen-bond acceptors (Lipinski definition) is 10. The molecule has 0 aromatic heterocycles. The third-order valence-electron chi connectivity index (χ3n) is 11.3. The molecule has 340 valence electrons. The Morgan fingerprint density at radius 3 is 1.19 bits per heavy atom. The molecule has 4 aromatic carbocycles. The second-order valence-electron chi connectivity index (χ2n) is 16.2. The highest BCUT2D eigenvalue weighted by Gasteiger charge is 2.32. The number of methoxy groups -OCH3 is 4. The molecule has 2 aliphatic rings. The maximum Gasteiger partial charge on any atom is 0.236 e. The highest BCUT2D eigenvalue weighted by molar-refractivity contribution is 7.92. The van der Waals surface area contributed by atoms with Crippen LogP contribution in [-0.2, 0) is 46.2 Å². The first-order valence-corrected chi connectivity index (χ1v) is 24.3. The van der Waals surface area contributed by atoms with Crippen molar-refractivity contribution < 1.29 is 35.8 Å². The van der Waals surface area contributed by atoms with Crippen molar-refractivity contribution in [3.63, 3.8) is 0 Å². The predicted octanol–water partition coefficient (Wildman–Crippen LogP) is 7.95. The summed E-state index contributed by atoms with van der Waals surface area (Å²) in [6.07, 6.45) is 2.54. The molecule has 0 radical (unpaired) electrons. The van der Waals surface area contributed by atoms with Crippen LogP contribution in [0.15, 0.2) is 109 Å². The van der Waals surface area contributed by atoms with Crippen molar-refractivity contribution in [1.82, 2.24) is 18.8 Å². The van der Waals surface area contributed by atoms with E-state index in [4.69, 9.17) is 18.9 Å². The van der Waals surface area contributed by atoms with Gasteiger partial charge in [0.25, 0.3) is 0 Å². The number of ether oxygens (including phenoxy) is 4. The molecule has 2 heterocycles. The van der Waals surface area contributed by atoms with E-state index in [0.717, 1.165) is 75.6 Å². The second kappa shape index (κ2) is 24.4. The zero-order valence-electron chi connectivity index (χ0n) is 37.8. The van der Waals surface area contributed by atoms with Crippen molar-refractivity contribution in [2.75, 3.05) is 53.8 Å². The van der Waals surface area contributed by atoms with Gasteiger partial charge in [-0.3, -0.25) is 4.90 Å². The first-order chi connectivity index (χ1) is 29.6. The van der Waals surface area contributed by atoms with Crippen LogP contribution in [0.4, 0.5) is 0 Å². The number of nitrogens with one attached hydrogen (secondary N) is 1. The molecule has 0 spiro atoms. The number of nitrogens with zero attached hydrogens (tertiary/aromatic N) is 3. The Kier molecular flexibility index (Phi) is 19.8. The van der Waals surface area contributed by atoms with Crippen molar-refractivity contribution in [3.05, 3.63) is 131 Å². The van der Waals surface area contributed by atoms with Crippen molar-refractivity contribution in [2.24, 2.45) is 11.8 Å². The molecule has 2 aliphatic heterocycles. The quantitative estimate of drug-likeness (QED) is 0.0935. The molecule has 4 aromatic rings. The summed E-state index contributed by atoms with van der Waals surface area (Å²) >= 11 is 0. The van der Waals surface area contributed by atoms with Gasteiger partial charge < -0.3 is 24.3 Å². The van der Waals surface area contributed by atoms with E-state index < -0.39 is 20.0 Å². The van der Waals surface area contributed by atoms with Gasteiger partial charge >= 0.3 is 0 Å². The van der Waals surface area contributed by atoms with Crippen molar-refractivity contribution in [3.8, 4) is 23.0 Å². The Morgan fingerprint density at radius 1 is 0.613 bits per heavy atom. The molecule has 1 N–H and O–H groups in total. The first-order valence-electron chi connectivity index (χ1n) is 21.2. The molecule has 12 nitrogen and oxygen atoms in total. The van der Waals surface area contributed by atoms with E-state index in [0.29, 0.717) is 31.6 Å². The van der Waals surface area contributed by atoms with Gasteiger partial charge in [-0.1, -0.05) is 82.8 Å². The van der Waals surface area contributed by atoms with E-state index in [2.05, 4.69) is 44.5 Å². The summed E-state index contributed by atoms with van der Waals surface area (Å²) in [5.74, 6) is 4.48. The van der Waals surface area contributed by atoms with Crippen LogP contribution in [0, 0.1) is 11.8 Å². The first kappa shape index (κ1) is 50.2. The van der Waals surface area contributed by atoms with E-state index in [1.54, 1.807) is 57.0 Å². The van der Waals surface area contributed by atoms with Crippen LogP contribution in [0.2, 0.25) is 0 Å². The monoisotopic (exact) mass is 892 g/mol. The summed E-state index contributed by atoms with van der Waals surface area (Å²) < 4.78 is 75.0. The van der Waals surface area contributed by atoms with Gasteiger partial charge in [0.2, 0.25) is 20.0 Å². The van der Waals surface area contributed by atoms with Gasteiger partial charge in [0.15, 0.2) is 0 Å². The highest BCUT2D eigenvalue weighted by atomic mass is 32.2. The average Bonchev–Trinajstić information content (AvgIpc) is 3.23. The topological polar surface area (TPSA) is 127 Å². The van der Waals surface area contributed by atoms with Gasteiger partial charge in [-0.15, -0.1) is 0 Å². The third kappa shape index (κ3) is 15.4. The summed E-state index contributed by atoms with van der Waals surface area (Å²) in [7, 11) is -0.572. The van der Waals surface area contributed by atoms with Crippen LogP contribution < -0.4 is 24.3 Å². The molecule has 2 unspecified atom stereocenters. The fraction of sp³-hybridized carbons (Fsp3) is 0.458. The van der Waals surface area contributed by atoms with E-state index in [1.165, 1.54) is 17.3 Å². The fourth-order valence-corrected chi connectivity index (χ4v) is 9.35. The lowest BCUT2D eigenvalue weighted by molar-refractivity contribution is 0.0628. The van der Waals surface area contributed by atoms with E-state index in [-0.39, 0.29) is 18.8 Å². The zero-order chi connectivity index (χ0) is 45.3. The number of benzene rings is 4. The van der Waals surface area contributed by atoms with E-state index in [1.807, 2.05) is 72.8 Å². The molecule has 2 atom stereocenters.